The van der Waals surface area contributed by atoms with Gasteiger partial charge in [0.25, 0.3) is 5.91 Å². The highest BCUT2D eigenvalue weighted by Gasteiger charge is 2.41. The van der Waals surface area contributed by atoms with Gasteiger partial charge in [0.2, 0.25) is 12.5 Å². The molecule has 35 heavy (non-hydrogen) atoms. The molecule has 1 aromatic heterocycles. The molecule has 2 saturated heterocycles. The van der Waals surface area contributed by atoms with Crippen LogP contribution in [-0.2, 0) is 16.9 Å². The number of carbonyl (C=O) groups excluding carboxylic acids is 2. The van der Waals surface area contributed by atoms with Gasteiger partial charge in [-0.1, -0.05) is 12.1 Å². The van der Waals surface area contributed by atoms with Crippen molar-refractivity contribution in [3.8, 4) is 0 Å². The third kappa shape index (κ3) is 5.03. The number of nitrogens with one attached hydrogen (secondary N) is 1. The standard InChI is InChI=1S/C26H33N7O2/c1-28-18-26(33-17-22(23(27)34)24(30-33)29-25(35)20-6-7-20)10-14-31(15-11-26)16-19-4-8-21(9-5-19)32-12-2-3-13-32/h4-5,8-9,17,20H,2-3,6-7,10-16,18H2,(H2,27,34)(H,29,30,35). The van der Waals surface area contributed by atoms with Crippen LogP contribution in [0.4, 0.5) is 11.5 Å². The monoisotopic (exact) mass is 475 g/mol. The maximum atomic E-state index is 12.3. The highest BCUT2D eigenvalue weighted by atomic mass is 16.2. The van der Waals surface area contributed by atoms with E-state index in [2.05, 4.69) is 49.3 Å². The number of nitrogens with two attached hydrogens (primary N) is 1. The summed E-state index contributed by atoms with van der Waals surface area (Å²) < 4.78 is 1.72. The van der Waals surface area contributed by atoms with E-state index in [-0.39, 0.29) is 29.8 Å². The first-order chi connectivity index (χ1) is 17.0. The molecule has 2 aliphatic heterocycles. The second-order valence-electron chi connectivity index (χ2n) is 10.1. The first kappa shape index (κ1) is 23.4. The zero-order valence-electron chi connectivity index (χ0n) is 20.1. The highest BCUT2D eigenvalue weighted by molar-refractivity contribution is 6.02. The Morgan fingerprint density at radius 2 is 1.80 bits per heavy atom. The zero-order valence-corrected chi connectivity index (χ0v) is 20.1. The minimum atomic E-state index is -0.630. The molecule has 1 saturated carbocycles. The first-order valence-electron chi connectivity index (χ1n) is 12.6. The number of anilines is 2. The number of primary amides is 1. The van der Waals surface area contributed by atoms with Gasteiger partial charge in [0.1, 0.15) is 11.1 Å². The molecule has 1 aromatic carbocycles. The summed E-state index contributed by atoms with van der Waals surface area (Å²) in [6.45, 7) is 12.6. The zero-order chi connectivity index (χ0) is 24.4. The Kier molecular flexibility index (Phi) is 6.48. The van der Waals surface area contributed by atoms with Gasteiger partial charge < -0.3 is 20.8 Å². The fourth-order valence-corrected chi connectivity index (χ4v) is 5.23. The van der Waals surface area contributed by atoms with Crippen molar-refractivity contribution in [3.05, 3.63) is 53.0 Å². The van der Waals surface area contributed by atoms with E-state index in [1.807, 2.05) is 0 Å². The van der Waals surface area contributed by atoms with Crippen molar-refractivity contribution in [2.24, 2.45) is 11.7 Å². The average Bonchev–Trinajstić information content (AvgIpc) is 3.39. The minimum absolute atomic E-state index is 0.00858. The Morgan fingerprint density at radius 3 is 2.40 bits per heavy atom. The average molecular weight is 476 g/mol. The smallest absolute Gasteiger partial charge is 0.254 e. The minimum Gasteiger partial charge on any atom is -0.372 e. The summed E-state index contributed by atoms with van der Waals surface area (Å²) in [5.74, 6) is -0.553. The van der Waals surface area contributed by atoms with E-state index in [1.165, 1.54) is 24.1 Å². The quantitative estimate of drug-likeness (QED) is 0.572. The molecule has 0 unspecified atom stereocenters. The number of nitrogens with zero attached hydrogens (tertiary/aromatic N) is 5. The molecule has 3 fully saturated rings. The molecule has 0 spiro atoms. The molecule has 184 valence electrons. The molecule has 3 N–H and O–H groups in total. The molecular formula is C26H33N7O2. The first-order valence-corrected chi connectivity index (χ1v) is 12.6. The third-order valence-electron chi connectivity index (χ3n) is 7.63. The number of piperidine rings is 1. The second-order valence-corrected chi connectivity index (χ2v) is 10.1. The summed E-state index contributed by atoms with van der Waals surface area (Å²) in [5.41, 5.74) is 7.84. The normalized spacial score (nSPS) is 19.9. The van der Waals surface area contributed by atoms with E-state index in [9.17, 15) is 9.59 Å². The molecular weight excluding hydrogens is 442 g/mol. The lowest BCUT2D eigenvalue weighted by Gasteiger charge is -2.38. The molecule has 0 bridgehead atoms. The van der Waals surface area contributed by atoms with Crippen LogP contribution in [0.15, 0.2) is 30.5 Å². The summed E-state index contributed by atoms with van der Waals surface area (Å²) in [6.07, 6.45) is 7.34. The lowest BCUT2D eigenvalue weighted by atomic mass is 9.87. The van der Waals surface area contributed by atoms with Crippen molar-refractivity contribution in [3.63, 3.8) is 0 Å². The van der Waals surface area contributed by atoms with Crippen molar-refractivity contribution in [1.29, 1.82) is 0 Å². The Balaban J connectivity index is 1.27. The Hall–Kier alpha value is -3.38. The van der Waals surface area contributed by atoms with Crippen LogP contribution in [0.3, 0.4) is 0 Å². The van der Waals surface area contributed by atoms with Crippen LogP contribution in [0.5, 0.6) is 0 Å². The lowest BCUT2D eigenvalue weighted by molar-refractivity contribution is -0.117. The number of likely N-dealkylation sites (tertiary alicyclic amines) is 1. The van der Waals surface area contributed by atoms with Gasteiger partial charge in [-0.2, -0.15) is 5.10 Å². The van der Waals surface area contributed by atoms with Gasteiger partial charge in [-0.15, -0.1) is 0 Å². The predicted molar refractivity (Wildman–Crippen MR) is 134 cm³/mol. The number of hydrogen-bond acceptors (Lipinski definition) is 5. The summed E-state index contributed by atoms with van der Waals surface area (Å²) >= 11 is 0. The number of benzene rings is 1. The van der Waals surface area contributed by atoms with Gasteiger partial charge in [0.05, 0.1) is 0 Å². The highest BCUT2D eigenvalue weighted by Crippen LogP contribution is 2.34. The van der Waals surface area contributed by atoms with Crippen LogP contribution >= 0.6 is 0 Å². The molecule has 1 aliphatic carbocycles. The summed E-state index contributed by atoms with van der Waals surface area (Å²) in [6, 6.07) is 8.88. The van der Waals surface area contributed by atoms with Gasteiger partial charge in [-0.3, -0.25) is 19.2 Å². The Bertz CT molecular complexity index is 1120. The van der Waals surface area contributed by atoms with Gasteiger partial charge in [-0.25, -0.2) is 6.57 Å². The number of rotatable bonds is 8. The maximum absolute atomic E-state index is 12.3. The van der Waals surface area contributed by atoms with Gasteiger partial charge in [0.15, 0.2) is 5.82 Å². The van der Waals surface area contributed by atoms with Crippen LogP contribution in [0.1, 0.15) is 54.4 Å². The fourth-order valence-electron chi connectivity index (χ4n) is 5.23. The lowest BCUT2D eigenvalue weighted by Crippen LogP contribution is -2.48. The van der Waals surface area contributed by atoms with Crippen LogP contribution in [0.2, 0.25) is 0 Å². The molecule has 5 rings (SSSR count). The fraction of sp³-hybridized carbons (Fsp3) is 0.538. The maximum Gasteiger partial charge on any atom is 0.254 e. The van der Waals surface area contributed by atoms with Crippen molar-refractivity contribution >= 4 is 23.3 Å². The molecule has 3 heterocycles. The number of aromatic nitrogens is 2. The van der Waals surface area contributed by atoms with E-state index in [4.69, 9.17) is 12.3 Å². The molecule has 2 amide bonds. The van der Waals surface area contributed by atoms with E-state index in [0.29, 0.717) is 0 Å². The number of hydrogen-bond donors (Lipinski definition) is 2. The molecule has 0 radical (unpaired) electrons. The van der Waals surface area contributed by atoms with Crippen LogP contribution in [-0.4, -0.2) is 59.2 Å². The van der Waals surface area contributed by atoms with Crippen LogP contribution < -0.4 is 16.0 Å². The van der Waals surface area contributed by atoms with Crippen molar-refractivity contribution in [1.82, 2.24) is 14.7 Å². The van der Waals surface area contributed by atoms with Crippen molar-refractivity contribution in [2.75, 3.05) is 42.9 Å². The summed E-state index contributed by atoms with van der Waals surface area (Å²) in [5, 5.41) is 7.35. The molecule has 9 heteroatoms. The Labute approximate surface area is 206 Å². The van der Waals surface area contributed by atoms with Gasteiger partial charge >= 0.3 is 0 Å². The van der Waals surface area contributed by atoms with Crippen LogP contribution in [0, 0.1) is 12.5 Å². The Morgan fingerprint density at radius 1 is 1.11 bits per heavy atom. The number of amides is 2. The van der Waals surface area contributed by atoms with E-state index >= 15 is 0 Å². The molecule has 9 nitrogen and oxygen atoms in total. The van der Waals surface area contributed by atoms with Crippen molar-refractivity contribution in [2.45, 2.75) is 50.6 Å². The summed E-state index contributed by atoms with van der Waals surface area (Å²) in [4.78, 5) is 32.9. The van der Waals surface area contributed by atoms with E-state index in [1.54, 1.807) is 10.9 Å². The van der Waals surface area contributed by atoms with E-state index in [0.717, 1.165) is 58.4 Å². The molecule has 2 aromatic rings. The number of carbonyl (C=O) groups is 2. The predicted octanol–water partition coefficient (Wildman–Crippen LogP) is 2.84. The third-order valence-corrected chi connectivity index (χ3v) is 7.63. The van der Waals surface area contributed by atoms with Gasteiger partial charge in [-0.05, 0) is 56.2 Å². The second kappa shape index (κ2) is 9.70. The topological polar surface area (TPSA) is 101 Å². The summed E-state index contributed by atoms with van der Waals surface area (Å²) in [7, 11) is 0. The van der Waals surface area contributed by atoms with Crippen molar-refractivity contribution < 1.29 is 9.59 Å². The SMILES string of the molecule is [C-]#[N+]CC1(n2cc(C(N)=O)c(NC(=O)C3CC3)n2)CCN(Cc2ccc(N3CCCC3)cc2)CC1. The van der Waals surface area contributed by atoms with Crippen LogP contribution in [0.25, 0.3) is 4.85 Å². The van der Waals surface area contributed by atoms with Gasteiger partial charge in [0, 0.05) is 50.5 Å². The largest absolute Gasteiger partial charge is 0.372 e. The molecule has 3 aliphatic rings. The van der Waals surface area contributed by atoms with E-state index < -0.39 is 11.4 Å². The molecule has 0 atom stereocenters.